The molecule has 2 N–H and O–H groups in total. The minimum absolute atomic E-state index is 0.178. The number of pyridine rings is 1. The number of nitrogens with two attached hydrogens (primary N) is 1. The highest BCUT2D eigenvalue weighted by Crippen LogP contribution is 1.99. The average Bonchev–Trinajstić information content (AvgIpc) is 2.40. The van der Waals surface area contributed by atoms with Gasteiger partial charge in [-0.3, -0.25) is 9.78 Å². The zero-order valence-corrected chi connectivity index (χ0v) is 10.1. The Balaban J connectivity index is 0.000000199. The molecular weight excluding hydrogens is 231 g/mol. The highest BCUT2D eigenvalue weighted by Gasteiger charge is 1.99. The maximum atomic E-state index is 11.9. The lowest BCUT2D eigenvalue weighted by atomic mass is 10.2. The second kappa shape index (κ2) is 7.17. The standard InChI is InChI=1S/C8H10N2O.C6H5F/c1-2-6-3-4-7(8(9)11)10-5-6;7-6-4-2-1-3-5-6/h3-5H,2H2,1H3,(H2,9,11);1-5H. The van der Waals surface area contributed by atoms with Gasteiger partial charge in [0.2, 0.25) is 0 Å². The number of aromatic nitrogens is 1. The van der Waals surface area contributed by atoms with Crippen molar-refractivity contribution in [1.82, 2.24) is 4.98 Å². The molecule has 18 heavy (non-hydrogen) atoms. The Hall–Kier alpha value is -2.23. The molecule has 94 valence electrons. The van der Waals surface area contributed by atoms with Crippen LogP contribution in [0.4, 0.5) is 4.39 Å². The molecule has 0 aliphatic carbocycles. The quantitative estimate of drug-likeness (QED) is 0.885. The van der Waals surface area contributed by atoms with Crippen molar-refractivity contribution in [2.45, 2.75) is 13.3 Å². The molecule has 4 heteroatoms. The van der Waals surface area contributed by atoms with Crippen molar-refractivity contribution in [3.8, 4) is 0 Å². The molecule has 0 saturated carbocycles. The van der Waals surface area contributed by atoms with E-state index in [-0.39, 0.29) is 5.82 Å². The van der Waals surface area contributed by atoms with E-state index < -0.39 is 5.91 Å². The first-order valence-corrected chi connectivity index (χ1v) is 5.58. The molecule has 1 heterocycles. The second-order valence-electron chi connectivity index (χ2n) is 3.57. The number of carbonyl (C=O) groups excluding carboxylic acids is 1. The molecule has 1 aromatic heterocycles. The molecule has 0 unspecified atom stereocenters. The largest absolute Gasteiger partial charge is 0.364 e. The summed E-state index contributed by atoms with van der Waals surface area (Å²) in [6.07, 6.45) is 2.59. The lowest BCUT2D eigenvalue weighted by Gasteiger charge is -1.95. The van der Waals surface area contributed by atoms with E-state index >= 15 is 0 Å². The molecule has 2 aromatic rings. The fourth-order valence-electron chi connectivity index (χ4n) is 1.19. The third-order valence-electron chi connectivity index (χ3n) is 2.22. The van der Waals surface area contributed by atoms with Gasteiger partial charge in [0.25, 0.3) is 5.91 Å². The van der Waals surface area contributed by atoms with Crippen molar-refractivity contribution < 1.29 is 9.18 Å². The molecule has 0 saturated heterocycles. The fraction of sp³-hybridized carbons (Fsp3) is 0.143. The van der Waals surface area contributed by atoms with Gasteiger partial charge in [-0.2, -0.15) is 0 Å². The summed E-state index contributed by atoms with van der Waals surface area (Å²) in [6, 6.07) is 11.4. The van der Waals surface area contributed by atoms with Crippen LogP contribution in [0.1, 0.15) is 23.0 Å². The van der Waals surface area contributed by atoms with Crippen LogP contribution in [0.3, 0.4) is 0 Å². The Labute approximate surface area is 105 Å². The predicted octanol–water partition coefficient (Wildman–Crippen LogP) is 2.57. The molecule has 1 amide bonds. The van der Waals surface area contributed by atoms with E-state index in [4.69, 9.17) is 5.73 Å². The number of carbonyl (C=O) groups is 1. The van der Waals surface area contributed by atoms with Crippen molar-refractivity contribution in [2.24, 2.45) is 5.73 Å². The Morgan fingerprint density at radius 3 is 2.22 bits per heavy atom. The number of halogens is 1. The second-order valence-corrected chi connectivity index (χ2v) is 3.57. The van der Waals surface area contributed by atoms with Crippen LogP contribution >= 0.6 is 0 Å². The van der Waals surface area contributed by atoms with Crippen molar-refractivity contribution in [3.05, 3.63) is 65.7 Å². The van der Waals surface area contributed by atoms with Crippen molar-refractivity contribution in [3.63, 3.8) is 0 Å². The first-order chi connectivity index (χ1) is 8.63. The van der Waals surface area contributed by atoms with Crippen LogP contribution in [-0.4, -0.2) is 10.9 Å². The number of aryl methyl sites for hydroxylation is 1. The normalized spacial score (nSPS) is 9.22. The van der Waals surface area contributed by atoms with E-state index in [1.807, 2.05) is 13.0 Å². The molecule has 0 radical (unpaired) electrons. The Morgan fingerprint density at radius 1 is 1.22 bits per heavy atom. The molecule has 0 aliphatic heterocycles. The highest BCUT2D eigenvalue weighted by molar-refractivity contribution is 5.90. The summed E-state index contributed by atoms with van der Waals surface area (Å²) in [6.45, 7) is 2.03. The molecule has 1 aromatic carbocycles. The third kappa shape index (κ3) is 4.74. The first kappa shape index (κ1) is 13.8. The highest BCUT2D eigenvalue weighted by atomic mass is 19.1. The summed E-state index contributed by atoms with van der Waals surface area (Å²) in [5.74, 6) is -0.657. The van der Waals surface area contributed by atoms with Crippen LogP contribution in [0.15, 0.2) is 48.7 Å². The molecule has 0 fully saturated rings. The van der Waals surface area contributed by atoms with Crippen LogP contribution in [-0.2, 0) is 6.42 Å². The molecule has 0 atom stereocenters. The zero-order chi connectivity index (χ0) is 13.4. The summed E-state index contributed by atoms with van der Waals surface area (Å²) in [5.41, 5.74) is 6.43. The van der Waals surface area contributed by atoms with Gasteiger partial charge in [0.15, 0.2) is 0 Å². The Morgan fingerprint density at radius 2 is 1.89 bits per heavy atom. The summed E-state index contributed by atoms with van der Waals surface area (Å²) >= 11 is 0. The van der Waals surface area contributed by atoms with E-state index in [1.165, 1.54) is 12.1 Å². The summed E-state index contributed by atoms with van der Waals surface area (Å²) in [4.78, 5) is 14.4. The van der Waals surface area contributed by atoms with E-state index in [2.05, 4.69) is 4.98 Å². The molecular formula is C14H15FN2O. The van der Waals surface area contributed by atoms with Crippen LogP contribution in [0.25, 0.3) is 0 Å². The van der Waals surface area contributed by atoms with Crippen LogP contribution in [0.2, 0.25) is 0 Å². The molecule has 0 aliphatic rings. The molecule has 0 spiro atoms. The molecule has 2 rings (SSSR count). The van der Waals surface area contributed by atoms with Gasteiger partial charge in [0, 0.05) is 6.20 Å². The van der Waals surface area contributed by atoms with Gasteiger partial charge >= 0.3 is 0 Å². The van der Waals surface area contributed by atoms with Gasteiger partial charge in [0.1, 0.15) is 11.5 Å². The number of hydrogen-bond acceptors (Lipinski definition) is 2. The summed E-state index contributed by atoms with van der Waals surface area (Å²) in [5, 5.41) is 0. The van der Waals surface area contributed by atoms with Gasteiger partial charge in [-0.15, -0.1) is 0 Å². The third-order valence-corrected chi connectivity index (χ3v) is 2.22. The topological polar surface area (TPSA) is 56.0 Å². The maximum absolute atomic E-state index is 11.9. The zero-order valence-electron chi connectivity index (χ0n) is 10.1. The number of nitrogens with zero attached hydrogens (tertiary/aromatic N) is 1. The smallest absolute Gasteiger partial charge is 0.267 e. The van der Waals surface area contributed by atoms with E-state index in [9.17, 15) is 9.18 Å². The van der Waals surface area contributed by atoms with Gasteiger partial charge in [-0.05, 0) is 30.2 Å². The average molecular weight is 246 g/mol. The number of benzene rings is 1. The number of hydrogen-bond donors (Lipinski definition) is 1. The lowest BCUT2D eigenvalue weighted by Crippen LogP contribution is -2.12. The fourth-order valence-corrected chi connectivity index (χ4v) is 1.19. The van der Waals surface area contributed by atoms with Crippen molar-refractivity contribution in [2.75, 3.05) is 0 Å². The number of rotatable bonds is 2. The van der Waals surface area contributed by atoms with Gasteiger partial charge < -0.3 is 5.73 Å². The summed E-state index contributed by atoms with van der Waals surface area (Å²) < 4.78 is 11.9. The van der Waals surface area contributed by atoms with Gasteiger partial charge in [0.05, 0.1) is 0 Å². The van der Waals surface area contributed by atoms with Crippen LogP contribution < -0.4 is 5.73 Å². The van der Waals surface area contributed by atoms with Crippen molar-refractivity contribution in [1.29, 1.82) is 0 Å². The lowest BCUT2D eigenvalue weighted by molar-refractivity contribution is 0.0995. The van der Waals surface area contributed by atoms with E-state index in [0.717, 1.165) is 12.0 Å². The number of amides is 1. The van der Waals surface area contributed by atoms with Crippen molar-refractivity contribution >= 4 is 5.91 Å². The first-order valence-electron chi connectivity index (χ1n) is 5.58. The van der Waals surface area contributed by atoms with Crippen LogP contribution in [0.5, 0.6) is 0 Å². The predicted molar refractivity (Wildman–Crippen MR) is 68.5 cm³/mol. The van der Waals surface area contributed by atoms with Gasteiger partial charge in [-0.25, -0.2) is 4.39 Å². The maximum Gasteiger partial charge on any atom is 0.267 e. The SMILES string of the molecule is CCc1ccc(C(N)=O)nc1.Fc1ccccc1. The Bertz CT molecular complexity index is 483. The van der Waals surface area contributed by atoms with E-state index in [0.29, 0.717) is 5.69 Å². The van der Waals surface area contributed by atoms with Gasteiger partial charge in [-0.1, -0.05) is 31.2 Å². The monoisotopic (exact) mass is 246 g/mol. The number of primary amides is 1. The van der Waals surface area contributed by atoms with E-state index in [1.54, 1.807) is 30.5 Å². The van der Waals surface area contributed by atoms with Crippen LogP contribution in [0, 0.1) is 5.82 Å². The summed E-state index contributed by atoms with van der Waals surface area (Å²) in [7, 11) is 0. The minimum Gasteiger partial charge on any atom is -0.364 e. The Kier molecular flexibility index (Phi) is 5.51. The molecule has 0 bridgehead atoms. The minimum atomic E-state index is -0.479. The molecule has 3 nitrogen and oxygen atoms in total.